The van der Waals surface area contributed by atoms with Crippen molar-refractivity contribution in [3.8, 4) is 17.1 Å². The second-order valence-electron chi connectivity index (χ2n) is 6.62. The van der Waals surface area contributed by atoms with Crippen LogP contribution in [0.1, 0.15) is 27.2 Å². The van der Waals surface area contributed by atoms with Gasteiger partial charge in [0.15, 0.2) is 11.5 Å². The van der Waals surface area contributed by atoms with Gasteiger partial charge in [-0.15, -0.1) is 0 Å². The van der Waals surface area contributed by atoms with E-state index >= 15 is 0 Å². The summed E-state index contributed by atoms with van der Waals surface area (Å²) in [7, 11) is 1.89. The Morgan fingerprint density at radius 2 is 1.93 bits per heavy atom. The van der Waals surface area contributed by atoms with Crippen LogP contribution in [0.3, 0.4) is 0 Å². The van der Waals surface area contributed by atoms with E-state index in [9.17, 15) is 9.90 Å². The fourth-order valence-corrected chi connectivity index (χ4v) is 3.14. The summed E-state index contributed by atoms with van der Waals surface area (Å²) in [5, 5.41) is 18.1. The fourth-order valence-electron chi connectivity index (χ4n) is 3.14. The van der Waals surface area contributed by atoms with Crippen LogP contribution in [-0.2, 0) is 13.5 Å². The molecule has 3 aromatic heterocycles. The first-order valence-electron chi connectivity index (χ1n) is 8.84. The van der Waals surface area contributed by atoms with Crippen LogP contribution >= 0.6 is 0 Å². The van der Waals surface area contributed by atoms with Crippen molar-refractivity contribution in [2.24, 2.45) is 7.05 Å². The predicted molar refractivity (Wildman–Crippen MR) is 105 cm³/mol. The van der Waals surface area contributed by atoms with E-state index < -0.39 is 5.97 Å². The Balaban J connectivity index is 1.68. The summed E-state index contributed by atoms with van der Waals surface area (Å²) in [6, 6.07) is 13.5. The average Bonchev–Trinajstić information content (AvgIpc) is 3.36. The van der Waals surface area contributed by atoms with Crippen molar-refractivity contribution in [2.45, 2.75) is 13.3 Å². The molecule has 3 heterocycles. The first-order chi connectivity index (χ1) is 13.5. The van der Waals surface area contributed by atoms with Crippen molar-refractivity contribution in [2.75, 3.05) is 0 Å². The summed E-state index contributed by atoms with van der Waals surface area (Å²) in [4.78, 5) is 15.8. The van der Waals surface area contributed by atoms with Crippen LogP contribution in [0.4, 0.5) is 0 Å². The lowest BCUT2D eigenvalue weighted by atomic mass is 9.99. The maximum atomic E-state index is 11.5. The topological polar surface area (TPSA) is 85.8 Å². The lowest BCUT2D eigenvalue weighted by Gasteiger charge is -2.12. The molecule has 0 saturated heterocycles. The summed E-state index contributed by atoms with van der Waals surface area (Å²) in [6.45, 7) is 1.94. The number of pyridine rings is 1. The van der Waals surface area contributed by atoms with Crippen molar-refractivity contribution in [3.63, 3.8) is 0 Å². The lowest BCUT2D eigenvalue weighted by molar-refractivity contribution is 0.0690. The summed E-state index contributed by atoms with van der Waals surface area (Å²) >= 11 is 0. The molecule has 1 N–H and O–H groups in total. The molecule has 0 spiro atoms. The second-order valence-corrected chi connectivity index (χ2v) is 6.62. The van der Waals surface area contributed by atoms with Gasteiger partial charge in [0, 0.05) is 31.2 Å². The SMILES string of the molecule is Cc1c(Cc2ccc(-c3ccn(C)n3)cc2)cc(C(=O)O)nc1-n1cccn1. The summed E-state index contributed by atoms with van der Waals surface area (Å²) in [5.74, 6) is -0.523. The van der Waals surface area contributed by atoms with Gasteiger partial charge in [-0.05, 0) is 48.2 Å². The highest BCUT2D eigenvalue weighted by Crippen LogP contribution is 2.23. The number of carbonyl (C=O) groups is 1. The van der Waals surface area contributed by atoms with E-state index in [1.54, 1.807) is 33.9 Å². The molecule has 0 radical (unpaired) electrons. The largest absolute Gasteiger partial charge is 0.477 e. The number of hydrogen-bond donors (Lipinski definition) is 1. The fraction of sp³-hybridized carbons (Fsp3) is 0.143. The van der Waals surface area contributed by atoms with Crippen LogP contribution < -0.4 is 0 Å². The zero-order valence-corrected chi connectivity index (χ0v) is 15.6. The monoisotopic (exact) mass is 373 g/mol. The lowest BCUT2D eigenvalue weighted by Crippen LogP contribution is -2.10. The molecule has 4 aromatic rings. The highest BCUT2D eigenvalue weighted by molar-refractivity contribution is 5.86. The molecule has 7 heteroatoms. The van der Waals surface area contributed by atoms with Crippen LogP contribution in [0, 0.1) is 6.92 Å². The predicted octanol–water partition coefficient (Wildman–Crippen LogP) is 3.27. The molecule has 1 aromatic carbocycles. The third-order valence-electron chi connectivity index (χ3n) is 4.65. The minimum Gasteiger partial charge on any atom is -0.477 e. The van der Waals surface area contributed by atoms with E-state index in [2.05, 4.69) is 15.2 Å². The molecule has 7 nitrogen and oxygen atoms in total. The number of aromatic nitrogens is 5. The molecular weight excluding hydrogens is 354 g/mol. The highest BCUT2D eigenvalue weighted by Gasteiger charge is 2.15. The summed E-state index contributed by atoms with van der Waals surface area (Å²) < 4.78 is 3.36. The minimum absolute atomic E-state index is 0.0104. The molecule has 140 valence electrons. The van der Waals surface area contributed by atoms with Crippen LogP contribution in [-0.4, -0.2) is 35.6 Å². The number of nitrogens with zero attached hydrogens (tertiary/aromatic N) is 5. The number of aryl methyl sites for hydroxylation is 1. The van der Waals surface area contributed by atoms with E-state index in [1.165, 1.54) is 0 Å². The normalized spacial score (nSPS) is 10.9. The van der Waals surface area contributed by atoms with Gasteiger partial charge in [0.1, 0.15) is 0 Å². The molecule has 0 saturated carbocycles. The molecule has 0 aliphatic heterocycles. The number of rotatable bonds is 5. The Hall–Kier alpha value is -3.74. The molecule has 0 aliphatic rings. The molecule has 0 aliphatic carbocycles. The van der Waals surface area contributed by atoms with Gasteiger partial charge in [-0.2, -0.15) is 10.2 Å². The van der Waals surface area contributed by atoms with Crippen LogP contribution in [0.15, 0.2) is 61.1 Å². The highest BCUT2D eigenvalue weighted by atomic mass is 16.4. The van der Waals surface area contributed by atoms with E-state index in [4.69, 9.17) is 0 Å². The third-order valence-corrected chi connectivity index (χ3v) is 4.65. The van der Waals surface area contributed by atoms with E-state index in [0.717, 1.165) is 27.9 Å². The third kappa shape index (κ3) is 3.42. The van der Waals surface area contributed by atoms with Gasteiger partial charge in [-0.1, -0.05) is 24.3 Å². The van der Waals surface area contributed by atoms with Gasteiger partial charge in [-0.3, -0.25) is 4.68 Å². The van der Waals surface area contributed by atoms with Crippen molar-refractivity contribution in [3.05, 3.63) is 83.4 Å². The second kappa shape index (κ2) is 7.11. The Labute approximate surface area is 161 Å². The molecule has 0 amide bonds. The quantitative estimate of drug-likeness (QED) is 0.580. The molecule has 0 bridgehead atoms. The Bertz CT molecular complexity index is 1130. The van der Waals surface area contributed by atoms with Crippen molar-refractivity contribution < 1.29 is 9.90 Å². The first-order valence-corrected chi connectivity index (χ1v) is 8.84. The maximum absolute atomic E-state index is 11.5. The number of aromatic carboxylic acids is 1. The molecule has 0 unspecified atom stereocenters. The number of hydrogen-bond acceptors (Lipinski definition) is 4. The van der Waals surface area contributed by atoms with Gasteiger partial charge in [0.2, 0.25) is 0 Å². The summed E-state index contributed by atoms with van der Waals surface area (Å²) in [6.07, 6.45) is 5.91. The summed E-state index contributed by atoms with van der Waals surface area (Å²) in [5.41, 5.74) is 4.86. The average molecular weight is 373 g/mol. The van der Waals surface area contributed by atoms with Crippen molar-refractivity contribution in [1.29, 1.82) is 0 Å². The maximum Gasteiger partial charge on any atom is 0.354 e. The molecule has 4 rings (SSSR count). The Morgan fingerprint density at radius 1 is 1.14 bits per heavy atom. The van der Waals surface area contributed by atoms with Gasteiger partial charge < -0.3 is 5.11 Å². The Kier molecular flexibility index (Phi) is 4.49. The van der Waals surface area contributed by atoms with Crippen LogP contribution in [0.2, 0.25) is 0 Å². The number of carboxylic acids is 1. The first kappa shape index (κ1) is 17.7. The minimum atomic E-state index is -1.06. The molecule has 0 atom stereocenters. The smallest absolute Gasteiger partial charge is 0.354 e. The Morgan fingerprint density at radius 3 is 2.54 bits per heavy atom. The van der Waals surface area contributed by atoms with Gasteiger partial charge in [-0.25, -0.2) is 14.5 Å². The van der Waals surface area contributed by atoms with Gasteiger partial charge in [0.05, 0.1) is 5.69 Å². The standard InChI is InChI=1S/C21H19N5O2/c1-14-17(13-19(21(27)28)23-20(14)26-10-3-9-22-26)12-15-4-6-16(7-5-15)18-8-11-25(2)24-18/h3-11,13H,12H2,1-2H3,(H,27,28). The van der Waals surface area contributed by atoms with Crippen LogP contribution in [0.25, 0.3) is 17.1 Å². The zero-order chi connectivity index (χ0) is 19.7. The molecule has 28 heavy (non-hydrogen) atoms. The van der Waals surface area contributed by atoms with Gasteiger partial charge >= 0.3 is 5.97 Å². The van der Waals surface area contributed by atoms with Crippen molar-refractivity contribution >= 4 is 5.97 Å². The zero-order valence-electron chi connectivity index (χ0n) is 15.6. The van der Waals surface area contributed by atoms with E-state index in [-0.39, 0.29) is 5.69 Å². The van der Waals surface area contributed by atoms with Gasteiger partial charge in [0.25, 0.3) is 0 Å². The number of benzene rings is 1. The van der Waals surface area contributed by atoms with Crippen molar-refractivity contribution in [1.82, 2.24) is 24.5 Å². The molecule has 0 fully saturated rings. The van der Waals surface area contributed by atoms with E-state index in [0.29, 0.717) is 12.2 Å². The van der Waals surface area contributed by atoms with E-state index in [1.807, 2.05) is 50.5 Å². The molecular formula is C21H19N5O2. The van der Waals surface area contributed by atoms with Crippen LogP contribution in [0.5, 0.6) is 0 Å². The number of carboxylic acid groups (broad SMARTS) is 1.